The second-order valence-corrected chi connectivity index (χ2v) is 22.7. The lowest BCUT2D eigenvalue weighted by Crippen LogP contribution is -2.11. The molecule has 0 aliphatic carbocycles. The van der Waals surface area contributed by atoms with Crippen LogP contribution in [0.4, 0.5) is 105 Å². The third kappa shape index (κ3) is 12.7. The summed E-state index contributed by atoms with van der Waals surface area (Å²) >= 11 is 0. The number of aromatic nitrogens is 4. The number of fused-ring (bicyclic) bond motifs is 6. The SMILES string of the molecule is Cc1cc(-c2cc(-n3c4cc(-c5cc(C(F)(F)F)cc(C(F)(F)F)c5)ccc4c4ccc(-c5cc(C(F)(F)F)cc(C(F)(F)F)c5)cc43)c(-n3c4cc(-c5cc(C(F)(F)F)cc(C(F)(F)F)c5)ccc4c4ccc(-c5cc(C(F)(F)F)cc(C(F)(F)F)c5)cc43)cc2C#N)nc(C)n1. The molecular formula is C69H33F24N5. The van der Waals surface area contributed by atoms with Crippen LogP contribution in [-0.4, -0.2) is 19.1 Å². The molecule has 502 valence electrons. The number of halogens is 24. The molecule has 0 aliphatic heterocycles. The van der Waals surface area contributed by atoms with Gasteiger partial charge in [-0.3, -0.25) is 0 Å². The van der Waals surface area contributed by atoms with Crippen molar-refractivity contribution in [2.75, 3.05) is 0 Å². The molecule has 0 bridgehead atoms. The molecule has 0 atom stereocenters. The van der Waals surface area contributed by atoms with Crippen LogP contribution in [0.5, 0.6) is 0 Å². The summed E-state index contributed by atoms with van der Waals surface area (Å²) in [4.78, 5) is 8.76. The number of hydrogen-bond donors (Lipinski definition) is 0. The Bertz CT molecular complexity index is 4900. The Morgan fingerprint density at radius 2 is 0.531 bits per heavy atom. The highest BCUT2D eigenvalue weighted by molar-refractivity contribution is 6.14. The Kier molecular flexibility index (Phi) is 15.7. The van der Waals surface area contributed by atoms with Gasteiger partial charge in [0.25, 0.3) is 0 Å². The van der Waals surface area contributed by atoms with Gasteiger partial charge in [0.05, 0.1) is 95.3 Å². The largest absolute Gasteiger partial charge is 0.416 e. The van der Waals surface area contributed by atoms with Gasteiger partial charge >= 0.3 is 49.4 Å². The second kappa shape index (κ2) is 22.8. The van der Waals surface area contributed by atoms with Gasteiger partial charge in [-0.25, -0.2) is 9.97 Å². The average Bonchev–Trinajstić information content (AvgIpc) is 1.55. The monoisotopic (exact) mass is 1390 g/mol. The maximum absolute atomic E-state index is 14.6. The molecule has 0 fully saturated rings. The van der Waals surface area contributed by atoms with E-state index < -0.39 is 155 Å². The lowest BCUT2D eigenvalue weighted by atomic mass is 9.97. The van der Waals surface area contributed by atoms with Crippen LogP contribution in [0.25, 0.3) is 111 Å². The van der Waals surface area contributed by atoms with Gasteiger partial charge < -0.3 is 9.13 Å². The first-order chi connectivity index (χ1) is 45.3. The van der Waals surface area contributed by atoms with Gasteiger partial charge in [-0.2, -0.15) is 111 Å². The number of nitrogens with zero attached hydrogens (tertiary/aromatic N) is 5. The van der Waals surface area contributed by atoms with Crippen LogP contribution in [0.15, 0.2) is 164 Å². The van der Waals surface area contributed by atoms with Crippen LogP contribution < -0.4 is 0 Å². The minimum Gasteiger partial charge on any atom is -0.307 e. The molecule has 0 unspecified atom stereocenters. The first kappa shape index (κ1) is 67.5. The van der Waals surface area contributed by atoms with E-state index in [2.05, 4.69) is 9.97 Å². The minimum atomic E-state index is -5.43. The van der Waals surface area contributed by atoms with E-state index in [1.54, 1.807) is 0 Å². The molecule has 12 rings (SSSR count). The predicted molar refractivity (Wildman–Crippen MR) is 312 cm³/mol. The van der Waals surface area contributed by atoms with Crippen molar-refractivity contribution in [1.29, 1.82) is 5.26 Å². The molecule has 0 amide bonds. The second-order valence-electron chi connectivity index (χ2n) is 22.7. The van der Waals surface area contributed by atoms with Crippen LogP contribution in [0.1, 0.15) is 61.6 Å². The van der Waals surface area contributed by atoms with Crippen LogP contribution in [0, 0.1) is 25.2 Å². The molecule has 98 heavy (non-hydrogen) atoms. The summed E-state index contributed by atoms with van der Waals surface area (Å²) in [6.45, 7) is 2.91. The first-order valence-corrected chi connectivity index (χ1v) is 28.1. The topological polar surface area (TPSA) is 59.4 Å². The zero-order chi connectivity index (χ0) is 71.3. The normalized spacial score (nSPS) is 13.2. The number of aryl methyl sites for hydroxylation is 2. The molecule has 0 N–H and O–H groups in total. The highest BCUT2D eigenvalue weighted by Crippen LogP contribution is 2.49. The average molecular weight is 1390 g/mol. The Hall–Kier alpha value is -10.5. The maximum atomic E-state index is 14.6. The van der Waals surface area contributed by atoms with Crippen LogP contribution in [0.2, 0.25) is 0 Å². The molecule has 0 saturated heterocycles. The van der Waals surface area contributed by atoms with E-state index >= 15 is 0 Å². The summed E-state index contributed by atoms with van der Waals surface area (Å²) in [6.07, 6.45) is -43.5. The van der Waals surface area contributed by atoms with E-state index in [9.17, 15) is 111 Å². The van der Waals surface area contributed by atoms with Gasteiger partial charge in [0.15, 0.2) is 0 Å². The molecule has 12 aromatic rings. The molecule has 0 saturated carbocycles. The zero-order valence-corrected chi connectivity index (χ0v) is 48.9. The van der Waals surface area contributed by atoms with Gasteiger partial charge in [-0.15, -0.1) is 0 Å². The van der Waals surface area contributed by atoms with E-state index in [1.807, 2.05) is 6.07 Å². The molecule has 0 radical (unpaired) electrons. The Morgan fingerprint density at radius 1 is 0.286 bits per heavy atom. The van der Waals surface area contributed by atoms with Gasteiger partial charge in [0.2, 0.25) is 0 Å². The summed E-state index contributed by atoms with van der Waals surface area (Å²) in [5.41, 5.74) is -21.6. The molecule has 9 aromatic carbocycles. The molecule has 0 aliphatic rings. The smallest absolute Gasteiger partial charge is 0.307 e. The zero-order valence-electron chi connectivity index (χ0n) is 48.9. The number of hydrogen-bond acceptors (Lipinski definition) is 3. The van der Waals surface area contributed by atoms with Crippen molar-refractivity contribution >= 4 is 43.6 Å². The number of alkyl halides is 24. The first-order valence-electron chi connectivity index (χ1n) is 28.1. The number of rotatable bonds is 7. The lowest BCUT2D eigenvalue weighted by Gasteiger charge is -2.20. The van der Waals surface area contributed by atoms with Crippen molar-refractivity contribution in [2.24, 2.45) is 0 Å². The number of nitriles is 1. The quantitative estimate of drug-likeness (QED) is 0.149. The Labute approximate surface area is 533 Å². The van der Waals surface area contributed by atoms with Crippen LogP contribution in [-0.2, 0) is 49.4 Å². The molecule has 0 spiro atoms. The predicted octanol–water partition coefficient (Wildman–Crippen LogP) is 23.6. The molecule has 5 nitrogen and oxygen atoms in total. The van der Waals surface area contributed by atoms with E-state index in [4.69, 9.17) is 0 Å². The van der Waals surface area contributed by atoms with E-state index in [0.717, 1.165) is 63.7 Å². The Balaban J connectivity index is 1.29. The summed E-state index contributed by atoms with van der Waals surface area (Å²) in [7, 11) is 0. The fraction of sp³-hybridized carbons (Fsp3) is 0.145. The summed E-state index contributed by atoms with van der Waals surface area (Å²) < 4.78 is 352. The van der Waals surface area contributed by atoms with Crippen molar-refractivity contribution in [3.63, 3.8) is 0 Å². The van der Waals surface area contributed by atoms with Crippen molar-refractivity contribution in [2.45, 2.75) is 63.3 Å². The summed E-state index contributed by atoms with van der Waals surface area (Å²) in [5.74, 6) is 0.0493. The van der Waals surface area contributed by atoms with E-state index in [1.165, 1.54) is 50.2 Å². The van der Waals surface area contributed by atoms with Crippen molar-refractivity contribution in [3.05, 3.63) is 225 Å². The highest BCUT2D eigenvalue weighted by atomic mass is 19.4. The van der Waals surface area contributed by atoms with E-state index in [0.29, 0.717) is 48.5 Å². The fourth-order valence-corrected chi connectivity index (χ4v) is 11.9. The van der Waals surface area contributed by atoms with Crippen LogP contribution >= 0.6 is 0 Å². The van der Waals surface area contributed by atoms with Gasteiger partial charge in [0.1, 0.15) is 5.82 Å². The standard InChI is InChI=1S/C69H33F24N5/c1-31-11-55(96-32(2)95-31)54-29-61(98-58-22-35(39-16-46(66(82,83)84)27-47(17-39)67(85,86)87)5-9-52(58)53-10-6-36(23-59(53)98)40-18-48(68(88,89)90)28-49(19-40)69(91,92)93)60(24-41(54)30-94)97-56-20-33(37-12-42(62(70,71)72)25-43(13-37)63(73,74)75)3-7-50(56)51-8-4-34(21-57(51)97)38-14-44(64(76,77)78)26-45(15-38)65(79,80)81/h3-29H,1-2H3. The number of benzene rings is 9. The van der Waals surface area contributed by atoms with Crippen molar-refractivity contribution in [3.8, 4) is 73.2 Å². The third-order valence-corrected chi connectivity index (χ3v) is 16.2. The maximum Gasteiger partial charge on any atom is 0.416 e. The highest BCUT2D eigenvalue weighted by Gasteiger charge is 2.42. The van der Waals surface area contributed by atoms with E-state index in [-0.39, 0.29) is 90.7 Å². The Morgan fingerprint density at radius 3 is 0.755 bits per heavy atom. The summed E-state index contributed by atoms with van der Waals surface area (Å²) in [5, 5.41) is 11.1. The summed E-state index contributed by atoms with van der Waals surface area (Å²) in [6, 6.07) is 20.8. The molecule has 3 heterocycles. The third-order valence-electron chi connectivity index (χ3n) is 16.2. The minimum absolute atomic E-state index is 0.0363. The van der Waals surface area contributed by atoms with Crippen LogP contribution in [0.3, 0.4) is 0 Å². The molecular weight excluding hydrogens is 1350 g/mol. The fourth-order valence-electron chi connectivity index (χ4n) is 11.9. The van der Waals surface area contributed by atoms with Gasteiger partial charge in [-0.1, -0.05) is 48.5 Å². The lowest BCUT2D eigenvalue weighted by molar-refractivity contribution is -0.144. The van der Waals surface area contributed by atoms with Crippen molar-refractivity contribution < 1.29 is 105 Å². The molecule has 29 heteroatoms. The van der Waals surface area contributed by atoms with Gasteiger partial charge in [-0.05, 0) is 174 Å². The molecule has 3 aromatic heterocycles. The van der Waals surface area contributed by atoms with Crippen molar-refractivity contribution in [1.82, 2.24) is 19.1 Å². The van der Waals surface area contributed by atoms with Gasteiger partial charge in [0, 0.05) is 32.8 Å².